The van der Waals surface area contributed by atoms with Gasteiger partial charge in [0, 0.05) is 30.4 Å². The van der Waals surface area contributed by atoms with Gasteiger partial charge in [0.15, 0.2) is 0 Å². The Balaban J connectivity index is 2.03. The molecule has 0 aliphatic carbocycles. The number of rotatable bonds is 8. The number of anilines is 1. The van der Waals surface area contributed by atoms with Gasteiger partial charge in [-0.25, -0.2) is 13.6 Å². The molecule has 0 atom stereocenters. The van der Waals surface area contributed by atoms with Gasteiger partial charge in [0.25, 0.3) is 0 Å². The first-order chi connectivity index (χ1) is 17.1. The zero-order valence-electron chi connectivity index (χ0n) is 19.2. The molecule has 0 spiro atoms. The molecule has 1 heterocycles. The Bertz CT molecular complexity index is 1270. The molecule has 0 saturated carbocycles. The number of aromatic nitrogens is 1. The number of esters is 1. The predicted octanol–water partition coefficient (Wildman–Crippen LogP) is 6.43. The molecule has 0 aliphatic heterocycles. The summed E-state index contributed by atoms with van der Waals surface area (Å²) in [6.07, 6.45) is -0.0618. The zero-order chi connectivity index (χ0) is 26.3. The topological polar surface area (TPSA) is 51.7 Å². The fourth-order valence-electron chi connectivity index (χ4n) is 3.21. The molecule has 3 aromatic rings. The second-order valence-corrected chi connectivity index (χ2v) is 7.48. The minimum atomic E-state index is -5.05. The molecule has 10 heteroatoms. The first-order valence-corrected chi connectivity index (χ1v) is 10.6. The highest BCUT2D eigenvalue weighted by Gasteiger charge is 2.31. The summed E-state index contributed by atoms with van der Waals surface area (Å²) < 4.78 is 75.7. The molecule has 5 nitrogen and oxygen atoms in total. The molecule has 0 fully saturated rings. The summed E-state index contributed by atoms with van der Waals surface area (Å²) in [7, 11) is 1.46. The SMILES string of the molecule is C/C=C(\C=C(\c1cc(F)cc(OC(F)(F)F)c1)N(C)c1cncc(F)c1)C(=O)OCc1ccccc1. The molecular weight excluding hydrogens is 483 g/mol. The molecule has 0 unspecified atom stereocenters. The van der Waals surface area contributed by atoms with Gasteiger partial charge in [-0.3, -0.25) is 4.98 Å². The van der Waals surface area contributed by atoms with E-state index in [2.05, 4.69) is 9.72 Å². The van der Waals surface area contributed by atoms with Gasteiger partial charge in [-0.1, -0.05) is 36.4 Å². The van der Waals surface area contributed by atoms with Crippen LogP contribution in [0.5, 0.6) is 5.75 Å². The number of carbonyl (C=O) groups is 1. The van der Waals surface area contributed by atoms with Crippen molar-refractivity contribution in [3.8, 4) is 5.75 Å². The number of hydrogen-bond donors (Lipinski definition) is 0. The molecule has 1 aromatic heterocycles. The Morgan fingerprint density at radius 3 is 2.39 bits per heavy atom. The lowest BCUT2D eigenvalue weighted by molar-refractivity contribution is -0.274. The van der Waals surface area contributed by atoms with Crippen LogP contribution in [0.3, 0.4) is 0 Å². The van der Waals surface area contributed by atoms with Crippen LogP contribution in [0, 0.1) is 11.6 Å². The molecular formula is C26H21F5N2O3. The molecule has 0 N–H and O–H groups in total. The van der Waals surface area contributed by atoms with Crippen LogP contribution in [0.4, 0.5) is 27.6 Å². The van der Waals surface area contributed by atoms with E-state index in [4.69, 9.17) is 4.74 Å². The number of allylic oxidation sites excluding steroid dienone is 1. The molecule has 0 saturated heterocycles. The number of benzene rings is 2. The van der Waals surface area contributed by atoms with Gasteiger partial charge in [0.2, 0.25) is 0 Å². The first kappa shape index (κ1) is 26.4. The van der Waals surface area contributed by atoms with E-state index in [1.54, 1.807) is 31.2 Å². The Morgan fingerprint density at radius 1 is 1.03 bits per heavy atom. The highest BCUT2D eigenvalue weighted by Crippen LogP contribution is 2.31. The van der Waals surface area contributed by atoms with Crippen molar-refractivity contribution in [2.75, 3.05) is 11.9 Å². The second kappa shape index (κ2) is 11.5. The highest BCUT2D eigenvalue weighted by atomic mass is 19.4. The molecule has 3 rings (SSSR count). The van der Waals surface area contributed by atoms with Gasteiger partial charge in [-0.2, -0.15) is 0 Å². The minimum Gasteiger partial charge on any atom is -0.457 e. The third-order valence-corrected chi connectivity index (χ3v) is 4.89. The van der Waals surface area contributed by atoms with E-state index in [-0.39, 0.29) is 29.1 Å². The fourth-order valence-corrected chi connectivity index (χ4v) is 3.21. The highest BCUT2D eigenvalue weighted by molar-refractivity contribution is 5.95. The van der Waals surface area contributed by atoms with Crippen molar-refractivity contribution in [2.45, 2.75) is 19.9 Å². The van der Waals surface area contributed by atoms with E-state index < -0.39 is 29.7 Å². The minimum absolute atomic E-state index is 0.0205. The van der Waals surface area contributed by atoms with Crippen LogP contribution in [0.25, 0.3) is 5.70 Å². The van der Waals surface area contributed by atoms with Crippen molar-refractivity contribution in [1.82, 2.24) is 4.98 Å². The maximum Gasteiger partial charge on any atom is 0.573 e. The van der Waals surface area contributed by atoms with Crippen LogP contribution in [-0.2, 0) is 16.1 Å². The van der Waals surface area contributed by atoms with E-state index in [0.29, 0.717) is 6.07 Å². The molecule has 36 heavy (non-hydrogen) atoms. The maximum atomic E-state index is 14.3. The Hall–Kier alpha value is -4.21. The summed E-state index contributed by atoms with van der Waals surface area (Å²) in [6, 6.07) is 12.5. The van der Waals surface area contributed by atoms with Crippen molar-refractivity contribution < 1.29 is 36.2 Å². The lowest BCUT2D eigenvalue weighted by Crippen LogP contribution is -2.19. The smallest absolute Gasteiger partial charge is 0.457 e. The quantitative estimate of drug-likeness (QED) is 0.153. The van der Waals surface area contributed by atoms with E-state index in [0.717, 1.165) is 30.0 Å². The largest absolute Gasteiger partial charge is 0.573 e. The Kier molecular flexibility index (Phi) is 8.42. The first-order valence-electron chi connectivity index (χ1n) is 10.6. The maximum absolute atomic E-state index is 14.3. The lowest BCUT2D eigenvalue weighted by Gasteiger charge is -2.24. The second-order valence-electron chi connectivity index (χ2n) is 7.48. The zero-order valence-corrected chi connectivity index (χ0v) is 19.2. The number of nitrogens with zero attached hydrogens (tertiary/aromatic N) is 2. The van der Waals surface area contributed by atoms with Crippen molar-refractivity contribution in [3.05, 3.63) is 107 Å². The lowest BCUT2D eigenvalue weighted by atomic mass is 10.1. The summed E-state index contributed by atoms with van der Waals surface area (Å²) in [4.78, 5) is 17.9. The summed E-state index contributed by atoms with van der Waals surface area (Å²) in [5, 5.41) is 0. The number of alkyl halides is 3. The number of halogens is 5. The molecule has 2 aromatic carbocycles. The third kappa shape index (κ3) is 7.39. The van der Waals surface area contributed by atoms with E-state index in [1.807, 2.05) is 6.07 Å². The van der Waals surface area contributed by atoms with Crippen molar-refractivity contribution >= 4 is 17.4 Å². The average molecular weight is 504 g/mol. The van der Waals surface area contributed by atoms with Crippen LogP contribution in [0.15, 0.2) is 84.7 Å². The standard InChI is InChI=1S/C26H21F5N2O3/c1-3-18(25(34)35-16-17-7-5-4-6-8-17)11-24(33(2)22-12-21(28)14-32-15-22)19-9-20(27)13-23(10-19)36-26(29,30)31/h3-15H,16H2,1-2H3/b18-3+,24-11-. The molecule has 0 radical (unpaired) electrons. The van der Waals surface area contributed by atoms with Crippen LogP contribution in [0.2, 0.25) is 0 Å². The monoisotopic (exact) mass is 504 g/mol. The van der Waals surface area contributed by atoms with Gasteiger partial charge in [-0.05, 0) is 30.7 Å². The Labute approximate surface area is 204 Å². The van der Waals surface area contributed by atoms with Gasteiger partial charge in [-0.15, -0.1) is 13.2 Å². The normalized spacial score (nSPS) is 12.3. The van der Waals surface area contributed by atoms with Crippen molar-refractivity contribution in [1.29, 1.82) is 0 Å². The van der Waals surface area contributed by atoms with E-state index >= 15 is 0 Å². The molecule has 188 valence electrons. The number of pyridine rings is 1. The van der Waals surface area contributed by atoms with E-state index in [9.17, 15) is 26.7 Å². The van der Waals surface area contributed by atoms with Crippen LogP contribution < -0.4 is 9.64 Å². The summed E-state index contributed by atoms with van der Waals surface area (Å²) >= 11 is 0. The molecule has 0 aliphatic rings. The number of carbonyl (C=O) groups excluding carboxylic acids is 1. The summed E-state index contributed by atoms with van der Waals surface area (Å²) in [6.45, 7) is 1.54. The van der Waals surface area contributed by atoms with Crippen molar-refractivity contribution in [3.63, 3.8) is 0 Å². The fraction of sp³-hybridized carbons (Fsp3) is 0.154. The van der Waals surface area contributed by atoms with E-state index in [1.165, 1.54) is 30.3 Å². The average Bonchev–Trinajstić information content (AvgIpc) is 2.82. The van der Waals surface area contributed by atoms with Gasteiger partial charge in [0.1, 0.15) is 24.0 Å². The van der Waals surface area contributed by atoms with Crippen LogP contribution in [0.1, 0.15) is 18.1 Å². The van der Waals surface area contributed by atoms with Gasteiger partial charge in [0.05, 0.1) is 23.7 Å². The predicted molar refractivity (Wildman–Crippen MR) is 124 cm³/mol. The number of ether oxygens (including phenoxy) is 2. The molecule has 0 amide bonds. The van der Waals surface area contributed by atoms with Crippen molar-refractivity contribution in [2.24, 2.45) is 0 Å². The third-order valence-electron chi connectivity index (χ3n) is 4.89. The number of hydrogen-bond acceptors (Lipinski definition) is 5. The summed E-state index contributed by atoms with van der Waals surface area (Å²) in [5.74, 6) is -3.22. The van der Waals surface area contributed by atoms with Gasteiger partial charge < -0.3 is 14.4 Å². The van der Waals surface area contributed by atoms with Crippen LogP contribution in [-0.4, -0.2) is 24.4 Å². The summed E-state index contributed by atoms with van der Waals surface area (Å²) in [5.41, 5.74) is 0.944. The molecule has 0 bridgehead atoms. The van der Waals surface area contributed by atoms with Gasteiger partial charge >= 0.3 is 12.3 Å². The Morgan fingerprint density at radius 2 is 1.75 bits per heavy atom. The van der Waals surface area contributed by atoms with Crippen LogP contribution >= 0.6 is 0 Å².